The first-order valence-corrected chi connectivity index (χ1v) is 7.56. The molecule has 0 radical (unpaired) electrons. The summed E-state index contributed by atoms with van der Waals surface area (Å²) in [6.45, 7) is 0. The van der Waals surface area contributed by atoms with Crippen LogP contribution in [0.25, 0.3) is 0 Å². The number of hydrogen-bond acceptors (Lipinski definition) is 5. The average Bonchev–Trinajstić information content (AvgIpc) is 2.62. The van der Waals surface area contributed by atoms with Crippen molar-refractivity contribution in [3.8, 4) is 11.5 Å². The number of methoxy groups -OCH3 is 2. The molecule has 0 aliphatic heterocycles. The van der Waals surface area contributed by atoms with Crippen molar-refractivity contribution in [1.82, 2.24) is 0 Å². The number of amides is 2. The smallest absolute Gasteiger partial charge is 0.314 e. The lowest BCUT2D eigenvalue weighted by Crippen LogP contribution is -2.29. The zero-order valence-electron chi connectivity index (χ0n) is 14.6. The van der Waals surface area contributed by atoms with Crippen LogP contribution in [0.15, 0.2) is 42.5 Å². The molecule has 0 aliphatic carbocycles. The van der Waals surface area contributed by atoms with Gasteiger partial charge in [0.15, 0.2) is 0 Å². The number of rotatable bonds is 5. The van der Waals surface area contributed by atoms with Gasteiger partial charge in [-0.1, -0.05) is 6.07 Å². The molecule has 0 saturated heterocycles. The lowest BCUT2D eigenvalue weighted by molar-refractivity contribution is -0.133. The Kier molecular flexibility index (Phi) is 5.84. The molecule has 0 unspecified atom stereocenters. The van der Waals surface area contributed by atoms with Crippen LogP contribution in [0, 0.1) is 0 Å². The molecule has 0 saturated carbocycles. The molecule has 0 aliphatic rings. The predicted octanol–water partition coefficient (Wildman–Crippen LogP) is 2.35. The molecule has 2 N–H and O–H groups in total. The summed E-state index contributed by atoms with van der Waals surface area (Å²) >= 11 is 0. The van der Waals surface area contributed by atoms with E-state index in [1.807, 2.05) is 25.1 Å². The SMILES string of the molecule is COc1ccc(NC(=O)C(=O)Nc2cccc(N(C)C)c2)c(OC)c1. The normalized spacial score (nSPS) is 9.92. The summed E-state index contributed by atoms with van der Waals surface area (Å²) < 4.78 is 10.3. The number of nitrogens with one attached hydrogen (secondary N) is 2. The van der Waals surface area contributed by atoms with Crippen molar-refractivity contribution < 1.29 is 19.1 Å². The minimum absolute atomic E-state index is 0.380. The minimum Gasteiger partial charge on any atom is -0.497 e. The highest BCUT2D eigenvalue weighted by Crippen LogP contribution is 2.29. The second-order valence-corrected chi connectivity index (χ2v) is 5.42. The van der Waals surface area contributed by atoms with Crippen molar-refractivity contribution in [2.45, 2.75) is 0 Å². The van der Waals surface area contributed by atoms with Crippen LogP contribution >= 0.6 is 0 Å². The van der Waals surface area contributed by atoms with Gasteiger partial charge in [-0.05, 0) is 30.3 Å². The third-order valence-electron chi connectivity index (χ3n) is 3.48. The molecular formula is C18H21N3O4. The molecular weight excluding hydrogens is 322 g/mol. The maximum absolute atomic E-state index is 12.1. The second-order valence-electron chi connectivity index (χ2n) is 5.42. The van der Waals surface area contributed by atoms with Crippen LogP contribution in [0.5, 0.6) is 11.5 Å². The summed E-state index contributed by atoms with van der Waals surface area (Å²) in [5.74, 6) is -0.581. The first-order chi connectivity index (χ1) is 11.9. The number of nitrogens with zero attached hydrogens (tertiary/aromatic N) is 1. The fraction of sp³-hybridized carbons (Fsp3) is 0.222. The number of hydrogen-bond donors (Lipinski definition) is 2. The lowest BCUT2D eigenvalue weighted by Gasteiger charge is -2.14. The van der Waals surface area contributed by atoms with Crippen molar-refractivity contribution in [2.24, 2.45) is 0 Å². The third-order valence-corrected chi connectivity index (χ3v) is 3.48. The number of ether oxygens (including phenoxy) is 2. The van der Waals surface area contributed by atoms with Gasteiger partial charge in [-0.15, -0.1) is 0 Å². The largest absolute Gasteiger partial charge is 0.497 e. The Bertz CT molecular complexity index is 775. The summed E-state index contributed by atoms with van der Waals surface area (Å²) in [5.41, 5.74) is 1.83. The van der Waals surface area contributed by atoms with E-state index in [-0.39, 0.29) is 0 Å². The van der Waals surface area contributed by atoms with Crippen LogP contribution < -0.4 is 25.0 Å². The maximum Gasteiger partial charge on any atom is 0.314 e. The van der Waals surface area contributed by atoms with E-state index in [1.54, 1.807) is 36.4 Å². The third kappa shape index (κ3) is 4.63. The van der Waals surface area contributed by atoms with Crippen molar-refractivity contribution in [2.75, 3.05) is 43.8 Å². The fourth-order valence-corrected chi connectivity index (χ4v) is 2.13. The Labute approximate surface area is 146 Å². The van der Waals surface area contributed by atoms with Crippen LogP contribution in [0.4, 0.5) is 17.1 Å². The van der Waals surface area contributed by atoms with Crippen LogP contribution in [0.3, 0.4) is 0 Å². The molecule has 2 rings (SSSR count). The Morgan fingerprint density at radius 3 is 2.28 bits per heavy atom. The molecule has 7 heteroatoms. The average molecular weight is 343 g/mol. The molecule has 2 aromatic carbocycles. The summed E-state index contributed by atoms with van der Waals surface area (Å²) in [4.78, 5) is 26.2. The zero-order valence-corrected chi connectivity index (χ0v) is 14.6. The highest BCUT2D eigenvalue weighted by atomic mass is 16.5. The Balaban J connectivity index is 2.08. The molecule has 0 fully saturated rings. The monoisotopic (exact) mass is 343 g/mol. The Hall–Kier alpha value is -3.22. The number of benzene rings is 2. The van der Waals surface area contributed by atoms with Crippen molar-refractivity contribution >= 4 is 28.9 Å². The maximum atomic E-state index is 12.1. The van der Waals surface area contributed by atoms with Gasteiger partial charge in [0.2, 0.25) is 0 Å². The molecule has 0 aromatic heterocycles. The summed E-state index contributed by atoms with van der Waals surface area (Å²) in [6.07, 6.45) is 0. The van der Waals surface area contributed by atoms with E-state index in [0.717, 1.165) is 5.69 Å². The van der Waals surface area contributed by atoms with Gasteiger partial charge in [0.05, 0.1) is 19.9 Å². The van der Waals surface area contributed by atoms with Gasteiger partial charge < -0.3 is 25.0 Å². The quantitative estimate of drug-likeness (QED) is 0.815. The standard InChI is InChI=1S/C18H21N3O4/c1-21(2)13-7-5-6-12(10-13)19-17(22)18(23)20-15-9-8-14(24-3)11-16(15)25-4/h5-11H,1-4H3,(H,19,22)(H,20,23). The van der Waals surface area contributed by atoms with Crippen LogP contribution in [0.1, 0.15) is 0 Å². The Morgan fingerprint density at radius 1 is 0.920 bits per heavy atom. The van der Waals surface area contributed by atoms with Gasteiger partial charge in [0, 0.05) is 31.5 Å². The van der Waals surface area contributed by atoms with E-state index in [4.69, 9.17) is 9.47 Å². The topological polar surface area (TPSA) is 79.9 Å². The van der Waals surface area contributed by atoms with E-state index in [1.165, 1.54) is 14.2 Å². The molecule has 2 aromatic rings. The van der Waals surface area contributed by atoms with Crippen molar-refractivity contribution in [3.63, 3.8) is 0 Å². The molecule has 0 spiro atoms. The molecule has 0 bridgehead atoms. The lowest BCUT2D eigenvalue weighted by atomic mass is 10.2. The summed E-state index contributed by atoms with van der Waals surface area (Å²) in [6, 6.07) is 12.1. The van der Waals surface area contributed by atoms with Crippen molar-refractivity contribution in [3.05, 3.63) is 42.5 Å². The van der Waals surface area contributed by atoms with Crippen molar-refractivity contribution in [1.29, 1.82) is 0 Å². The zero-order chi connectivity index (χ0) is 18.4. The molecule has 7 nitrogen and oxygen atoms in total. The van der Waals surface area contributed by atoms with Gasteiger partial charge in [-0.3, -0.25) is 9.59 Å². The highest BCUT2D eigenvalue weighted by molar-refractivity contribution is 6.43. The second kappa shape index (κ2) is 8.05. The first kappa shape index (κ1) is 18.1. The van der Waals surface area contributed by atoms with E-state index >= 15 is 0 Å². The summed E-state index contributed by atoms with van der Waals surface area (Å²) in [7, 11) is 6.78. The van der Waals surface area contributed by atoms with Gasteiger partial charge in [-0.2, -0.15) is 0 Å². The summed E-state index contributed by atoms with van der Waals surface area (Å²) in [5, 5.41) is 5.10. The van der Waals surface area contributed by atoms with Gasteiger partial charge in [0.25, 0.3) is 0 Å². The van der Waals surface area contributed by atoms with Crippen LogP contribution in [0.2, 0.25) is 0 Å². The van der Waals surface area contributed by atoms with Gasteiger partial charge in [0.1, 0.15) is 11.5 Å². The molecule has 132 valence electrons. The fourth-order valence-electron chi connectivity index (χ4n) is 2.13. The first-order valence-electron chi connectivity index (χ1n) is 7.56. The van der Waals surface area contributed by atoms with E-state index in [9.17, 15) is 9.59 Å². The highest BCUT2D eigenvalue weighted by Gasteiger charge is 2.16. The number of carbonyl (C=O) groups is 2. The minimum atomic E-state index is -0.793. The van der Waals surface area contributed by atoms with Gasteiger partial charge >= 0.3 is 11.8 Å². The molecule has 0 heterocycles. The van der Waals surface area contributed by atoms with E-state index in [0.29, 0.717) is 22.9 Å². The van der Waals surface area contributed by atoms with E-state index < -0.39 is 11.8 Å². The predicted molar refractivity (Wildman–Crippen MR) is 97.6 cm³/mol. The van der Waals surface area contributed by atoms with Gasteiger partial charge in [-0.25, -0.2) is 0 Å². The van der Waals surface area contributed by atoms with Crippen LogP contribution in [-0.4, -0.2) is 40.1 Å². The van der Waals surface area contributed by atoms with Crippen LogP contribution in [-0.2, 0) is 9.59 Å². The van der Waals surface area contributed by atoms with E-state index in [2.05, 4.69) is 10.6 Å². The Morgan fingerprint density at radius 2 is 1.64 bits per heavy atom. The number of carbonyl (C=O) groups excluding carboxylic acids is 2. The molecule has 0 atom stereocenters. The molecule has 2 amide bonds. The number of anilines is 3. The molecule has 25 heavy (non-hydrogen) atoms.